The van der Waals surface area contributed by atoms with Gasteiger partial charge in [0.2, 0.25) is 0 Å². The number of aliphatic hydroxyl groups excluding tert-OH is 1. The largest absolute Gasteiger partial charge is 0.392 e. The fourth-order valence-corrected chi connectivity index (χ4v) is 4.10. The molecular weight excluding hydrogens is 360 g/mol. The molecule has 2 N–H and O–H groups in total. The number of nitrogens with zero attached hydrogens (tertiary/aromatic N) is 3. The SMILES string of the molecule is CC1=CC(=O)N(Nc2nc(-c3cccs3)nc3scc(CO)c23)C1=O. The highest BCUT2D eigenvalue weighted by molar-refractivity contribution is 7.17. The molecule has 0 aliphatic carbocycles. The van der Waals surface area contributed by atoms with Crippen LogP contribution in [0.2, 0.25) is 0 Å². The predicted molar refractivity (Wildman–Crippen MR) is 95.9 cm³/mol. The van der Waals surface area contributed by atoms with Crippen molar-refractivity contribution < 1.29 is 14.7 Å². The number of imide groups is 1. The van der Waals surface area contributed by atoms with Crippen LogP contribution in [-0.2, 0) is 16.2 Å². The van der Waals surface area contributed by atoms with Crippen LogP contribution in [0.15, 0.2) is 34.5 Å². The van der Waals surface area contributed by atoms with Gasteiger partial charge in [-0.25, -0.2) is 9.97 Å². The van der Waals surface area contributed by atoms with Crippen LogP contribution in [0.5, 0.6) is 0 Å². The molecule has 0 spiro atoms. The Morgan fingerprint density at radius 2 is 2.12 bits per heavy atom. The molecule has 4 heterocycles. The number of aliphatic hydroxyl groups is 1. The molecule has 4 rings (SSSR count). The normalized spacial score (nSPS) is 14.5. The zero-order valence-electron chi connectivity index (χ0n) is 13.0. The number of anilines is 1. The first-order chi connectivity index (χ1) is 12.1. The van der Waals surface area contributed by atoms with Crippen molar-refractivity contribution in [1.82, 2.24) is 15.0 Å². The van der Waals surface area contributed by atoms with E-state index < -0.39 is 11.8 Å². The number of thiophene rings is 2. The topological polar surface area (TPSA) is 95.4 Å². The van der Waals surface area contributed by atoms with Crippen molar-refractivity contribution in [1.29, 1.82) is 0 Å². The van der Waals surface area contributed by atoms with Crippen molar-refractivity contribution in [2.45, 2.75) is 13.5 Å². The fourth-order valence-electron chi connectivity index (χ4n) is 2.51. The zero-order valence-corrected chi connectivity index (χ0v) is 14.6. The summed E-state index contributed by atoms with van der Waals surface area (Å²) in [5.41, 5.74) is 3.81. The van der Waals surface area contributed by atoms with E-state index in [0.717, 1.165) is 9.89 Å². The molecule has 3 aromatic heterocycles. The molecule has 9 heteroatoms. The number of rotatable bonds is 4. The van der Waals surface area contributed by atoms with Gasteiger partial charge in [0.1, 0.15) is 4.83 Å². The van der Waals surface area contributed by atoms with Gasteiger partial charge in [-0.2, -0.15) is 5.01 Å². The second-order valence-corrected chi connectivity index (χ2v) is 7.20. The molecular formula is C16H12N4O3S2. The highest BCUT2D eigenvalue weighted by Gasteiger charge is 2.30. The summed E-state index contributed by atoms with van der Waals surface area (Å²) in [4.78, 5) is 34.8. The molecule has 0 aromatic carbocycles. The van der Waals surface area contributed by atoms with Crippen LogP contribution in [0.3, 0.4) is 0 Å². The van der Waals surface area contributed by atoms with Crippen LogP contribution in [0.4, 0.5) is 5.82 Å². The van der Waals surface area contributed by atoms with Gasteiger partial charge in [0.25, 0.3) is 11.8 Å². The summed E-state index contributed by atoms with van der Waals surface area (Å²) in [6, 6.07) is 3.79. The molecule has 0 fully saturated rings. The molecule has 0 radical (unpaired) electrons. The zero-order chi connectivity index (χ0) is 17.6. The number of amides is 2. The van der Waals surface area contributed by atoms with Crippen molar-refractivity contribution >= 4 is 50.5 Å². The van der Waals surface area contributed by atoms with Crippen molar-refractivity contribution in [2.75, 3.05) is 5.43 Å². The first kappa shape index (κ1) is 15.9. The van der Waals surface area contributed by atoms with E-state index in [1.165, 1.54) is 28.7 Å². The van der Waals surface area contributed by atoms with Gasteiger partial charge in [0, 0.05) is 17.2 Å². The van der Waals surface area contributed by atoms with E-state index >= 15 is 0 Å². The number of carbonyl (C=O) groups excluding carboxylic acids is 2. The van der Waals surface area contributed by atoms with Crippen LogP contribution in [-0.4, -0.2) is 31.9 Å². The smallest absolute Gasteiger partial charge is 0.275 e. The molecule has 7 nitrogen and oxygen atoms in total. The number of hydrazine groups is 1. The molecule has 0 bridgehead atoms. The summed E-state index contributed by atoms with van der Waals surface area (Å²) in [5.74, 6) is -0.0495. The lowest BCUT2D eigenvalue weighted by atomic mass is 10.2. The van der Waals surface area contributed by atoms with E-state index in [0.29, 0.717) is 33.0 Å². The molecule has 0 unspecified atom stereocenters. The van der Waals surface area contributed by atoms with E-state index in [9.17, 15) is 14.7 Å². The van der Waals surface area contributed by atoms with Crippen LogP contribution in [0.25, 0.3) is 20.9 Å². The van der Waals surface area contributed by atoms with Gasteiger partial charge in [-0.1, -0.05) is 6.07 Å². The predicted octanol–water partition coefficient (Wildman–Crippen LogP) is 2.55. The van der Waals surface area contributed by atoms with Gasteiger partial charge < -0.3 is 5.11 Å². The van der Waals surface area contributed by atoms with E-state index in [-0.39, 0.29) is 6.61 Å². The highest BCUT2D eigenvalue weighted by atomic mass is 32.1. The number of aromatic nitrogens is 2. The molecule has 1 aliphatic rings. The number of nitrogens with one attached hydrogen (secondary N) is 1. The van der Waals surface area contributed by atoms with Crippen LogP contribution < -0.4 is 5.43 Å². The number of carbonyl (C=O) groups is 2. The van der Waals surface area contributed by atoms with Crippen molar-refractivity contribution in [2.24, 2.45) is 0 Å². The lowest BCUT2D eigenvalue weighted by molar-refractivity contribution is -0.135. The summed E-state index contributed by atoms with van der Waals surface area (Å²) in [5, 5.41) is 14.8. The third kappa shape index (κ3) is 2.62. The minimum Gasteiger partial charge on any atom is -0.392 e. The molecule has 0 atom stereocenters. The lowest BCUT2D eigenvalue weighted by Gasteiger charge is -2.17. The summed E-state index contributed by atoms with van der Waals surface area (Å²) >= 11 is 2.87. The van der Waals surface area contributed by atoms with E-state index in [1.54, 1.807) is 12.3 Å². The van der Waals surface area contributed by atoms with Crippen LogP contribution >= 0.6 is 22.7 Å². The van der Waals surface area contributed by atoms with E-state index in [4.69, 9.17) is 0 Å². The van der Waals surface area contributed by atoms with Gasteiger partial charge >= 0.3 is 0 Å². The van der Waals surface area contributed by atoms with Crippen molar-refractivity contribution in [3.8, 4) is 10.7 Å². The van der Waals surface area contributed by atoms with Gasteiger partial charge in [0.15, 0.2) is 11.6 Å². The van der Waals surface area contributed by atoms with Crippen molar-refractivity contribution in [3.05, 3.63) is 40.1 Å². The fraction of sp³-hybridized carbons (Fsp3) is 0.125. The summed E-state index contributed by atoms with van der Waals surface area (Å²) in [6.45, 7) is 1.40. The Hall–Kier alpha value is -2.62. The summed E-state index contributed by atoms with van der Waals surface area (Å²) in [6.07, 6.45) is 1.27. The van der Waals surface area contributed by atoms with Crippen LogP contribution in [0.1, 0.15) is 12.5 Å². The Balaban J connectivity index is 1.84. The van der Waals surface area contributed by atoms with Gasteiger partial charge in [-0.3, -0.25) is 15.0 Å². The first-order valence-corrected chi connectivity index (χ1v) is 9.10. The molecule has 126 valence electrons. The lowest BCUT2D eigenvalue weighted by Crippen LogP contribution is -2.36. The number of hydrogen-bond acceptors (Lipinski definition) is 8. The Kier molecular flexibility index (Phi) is 3.83. The van der Waals surface area contributed by atoms with Gasteiger partial charge in [-0.15, -0.1) is 22.7 Å². The third-order valence-corrected chi connectivity index (χ3v) is 5.53. The monoisotopic (exact) mass is 372 g/mol. The minimum absolute atomic E-state index is 0.185. The molecule has 0 saturated heterocycles. The van der Waals surface area contributed by atoms with Gasteiger partial charge in [0.05, 0.1) is 16.9 Å². The molecule has 25 heavy (non-hydrogen) atoms. The number of fused-ring (bicyclic) bond motifs is 1. The van der Waals surface area contributed by atoms with E-state index in [2.05, 4.69) is 15.4 Å². The Morgan fingerprint density at radius 1 is 1.28 bits per heavy atom. The average Bonchev–Trinajstić information content (AvgIpc) is 3.31. The van der Waals surface area contributed by atoms with Crippen LogP contribution in [0, 0.1) is 0 Å². The maximum Gasteiger partial charge on any atom is 0.275 e. The second kappa shape index (κ2) is 6.03. The quantitative estimate of drug-likeness (QED) is 0.684. The minimum atomic E-state index is -0.451. The Labute approximate surface area is 150 Å². The molecule has 3 aromatic rings. The Morgan fingerprint density at radius 3 is 2.76 bits per heavy atom. The first-order valence-electron chi connectivity index (χ1n) is 7.34. The standard InChI is InChI=1S/C16H12N4O3S2/c1-8-5-11(22)20(16(8)23)19-14-12-9(6-21)7-25-15(12)18-13(17-14)10-3-2-4-24-10/h2-5,7,21H,6H2,1H3,(H,17,18,19). The highest BCUT2D eigenvalue weighted by Crippen LogP contribution is 2.34. The molecule has 2 amide bonds. The summed E-state index contributed by atoms with van der Waals surface area (Å²) < 4.78 is 0. The average molecular weight is 372 g/mol. The van der Waals surface area contributed by atoms with E-state index in [1.807, 2.05) is 17.5 Å². The van der Waals surface area contributed by atoms with Gasteiger partial charge in [-0.05, 0) is 23.8 Å². The molecule has 1 aliphatic heterocycles. The third-order valence-electron chi connectivity index (χ3n) is 3.74. The maximum absolute atomic E-state index is 12.1. The maximum atomic E-state index is 12.1. The Bertz CT molecular complexity index is 1020. The molecule has 0 saturated carbocycles. The number of hydrogen-bond donors (Lipinski definition) is 2. The van der Waals surface area contributed by atoms with Crippen molar-refractivity contribution in [3.63, 3.8) is 0 Å². The second-order valence-electron chi connectivity index (χ2n) is 5.39. The summed E-state index contributed by atoms with van der Waals surface area (Å²) in [7, 11) is 0.